The van der Waals surface area contributed by atoms with Gasteiger partial charge < -0.3 is 9.47 Å². The second-order valence-electron chi connectivity index (χ2n) is 18.8. The van der Waals surface area contributed by atoms with E-state index in [1.54, 1.807) is 0 Å². The Morgan fingerprint density at radius 1 is 0.453 bits per heavy atom. The molecule has 0 unspecified atom stereocenters. The molecule has 1 spiro atoms. The molecule has 0 atom stereocenters. The van der Waals surface area contributed by atoms with Gasteiger partial charge in [-0.25, -0.2) is 8.42 Å². The minimum atomic E-state index is -3.81. The standard InChI is InChI=1S/C59H50N2O2S/c1-39-34-45-36-40(2)37-46(35-39)59(45)53-16-8-11-19-57(53)64(62,63)58-38-50(32-33-54(58)59)60(47-26-20-42(21-27-47)41-12-4-3-5-13-41)48-28-22-43(23-29-48)44-24-30-49(31-25-44)61-55-17-9-6-14-51(55)52-15-7-10-18-56(52)61/h3-33,38-40,45-46H,34-37H2,1-2H3. The fraction of sp³-hybridized carbons (Fsp3) is 0.186. The third kappa shape index (κ3) is 5.97. The highest BCUT2D eigenvalue weighted by Crippen LogP contribution is 2.64. The van der Waals surface area contributed by atoms with Crippen molar-refractivity contribution in [1.29, 1.82) is 0 Å². The predicted octanol–water partition coefficient (Wildman–Crippen LogP) is 15.1. The average molecular weight is 851 g/mol. The molecule has 9 aromatic rings. The van der Waals surface area contributed by atoms with Crippen LogP contribution in [0.15, 0.2) is 204 Å². The number of hydrogen-bond acceptors (Lipinski definition) is 3. The van der Waals surface area contributed by atoms with Crippen LogP contribution in [0.25, 0.3) is 49.7 Å². The molecule has 1 aromatic heterocycles. The van der Waals surface area contributed by atoms with E-state index in [1.165, 1.54) is 21.8 Å². The topological polar surface area (TPSA) is 42.3 Å². The van der Waals surface area contributed by atoms with Crippen molar-refractivity contribution in [3.05, 3.63) is 205 Å². The van der Waals surface area contributed by atoms with Gasteiger partial charge in [0, 0.05) is 38.9 Å². The molecular formula is C59H50N2O2S. The summed E-state index contributed by atoms with van der Waals surface area (Å²) in [6.45, 7) is 4.79. The van der Waals surface area contributed by atoms with Gasteiger partial charge >= 0.3 is 0 Å². The van der Waals surface area contributed by atoms with Crippen LogP contribution < -0.4 is 4.90 Å². The molecule has 2 heterocycles. The van der Waals surface area contributed by atoms with E-state index in [0.29, 0.717) is 33.5 Å². The number of aromatic nitrogens is 1. The molecule has 2 bridgehead atoms. The van der Waals surface area contributed by atoms with Crippen molar-refractivity contribution in [2.75, 3.05) is 4.90 Å². The van der Waals surface area contributed by atoms with Gasteiger partial charge in [-0.1, -0.05) is 141 Å². The summed E-state index contributed by atoms with van der Waals surface area (Å²) in [5.41, 5.74) is 12.5. The van der Waals surface area contributed by atoms with E-state index in [0.717, 1.165) is 81.8 Å². The molecule has 12 rings (SSSR count). The fourth-order valence-electron chi connectivity index (χ4n) is 12.5. The van der Waals surface area contributed by atoms with Gasteiger partial charge in [-0.2, -0.15) is 0 Å². The highest BCUT2D eigenvalue weighted by atomic mass is 32.2. The second kappa shape index (κ2) is 15.0. The number of hydrogen-bond donors (Lipinski definition) is 0. The van der Waals surface area contributed by atoms with Crippen LogP contribution >= 0.6 is 0 Å². The fourth-order valence-corrected chi connectivity index (χ4v) is 14.3. The van der Waals surface area contributed by atoms with Crippen molar-refractivity contribution in [2.45, 2.75) is 54.7 Å². The summed E-state index contributed by atoms with van der Waals surface area (Å²) in [4.78, 5) is 3.18. The molecular weight excluding hydrogens is 801 g/mol. The molecule has 0 amide bonds. The minimum Gasteiger partial charge on any atom is -0.310 e. The molecule has 4 nitrogen and oxygen atoms in total. The van der Waals surface area contributed by atoms with Crippen molar-refractivity contribution in [3.63, 3.8) is 0 Å². The van der Waals surface area contributed by atoms with Gasteiger partial charge in [0.05, 0.1) is 20.8 Å². The maximum Gasteiger partial charge on any atom is 0.207 e. The first-order valence-corrected chi connectivity index (χ1v) is 24.4. The lowest BCUT2D eigenvalue weighted by Crippen LogP contribution is -2.54. The van der Waals surface area contributed by atoms with E-state index in [4.69, 9.17) is 0 Å². The van der Waals surface area contributed by atoms with Crippen molar-refractivity contribution >= 4 is 48.7 Å². The molecule has 0 radical (unpaired) electrons. The van der Waals surface area contributed by atoms with Crippen LogP contribution in [-0.2, 0) is 15.3 Å². The van der Waals surface area contributed by atoms with Crippen molar-refractivity contribution in [2.24, 2.45) is 23.7 Å². The summed E-state index contributed by atoms with van der Waals surface area (Å²) in [5.74, 6) is 2.02. The van der Waals surface area contributed by atoms with Crippen molar-refractivity contribution in [1.82, 2.24) is 4.57 Å². The highest BCUT2D eigenvalue weighted by Gasteiger charge is 2.59. The molecule has 5 heteroatoms. The van der Waals surface area contributed by atoms with E-state index in [9.17, 15) is 0 Å². The molecule has 2 fully saturated rings. The molecule has 2 saturated carbocycles. The van der Waals surface area contributed by atoms with Crippen LogP contribution in [0.1, 0.15) is 50.7 Å². The number of rotatable bonds is 6. The number of benzene rings is 8. The second-order valence-corrected chi connectivity index (χ2v) is 20.7. The minimum absolute atomic E-state index is 0.324. The van der Waals surface area contributed by atoms with Gasteiger partial charge in [0.2, 0.25) is 9.84 Å². The lowest BCUT2D eigenvalue weighted by atomic mass is 9.46. The van der Waals surface area contributed by atoms with Crippen LogP contribution in [0, 0.1) is 23.7 Å². The van der Waals surface area contributed by atoms with Gasteiger partial charge in [0.1, 0.15) is 0 Å². The number of anilines is 3. The van der Waals surface area contributed by atoms with Crippen LogP contribution in [0.4, 0.5) is 17.1 Å². The normalized spacial score (nSPS) is 22.0. The quantitative estimate of drug-likeness (QED) is 0.167. The summed E-state index contributed by atoms with van der Waals surface area (Å²) in [6, 6.07) is 68.2. The highest BCUT2D eigenvalue weighted by molar-refractivity contribution is 7.91. The summed E-state index contributed by atoms with van der Waals surface area (Å²) in [6.07, 6.45) is 4.47. The molecule has 1 aliphatic heterocycles. The molecule has 3 aliphatic rings. The monoisotopic (exact) mass is 850 g/mol. The van der Waals surface area contributed by atoms with Gasteiger partial charge in [-0.05, 0) is 149 Å². The molecule has 0 saturated heterocycles. The summed E-state index contributed by atoms with van der Waals surface area (Å²) < 4.78 is 32.4. The Labute approximate surface area is 376 Å². The first-order valence-electron chi connectivity index (χ1n) is 22.9. The Morgan fingerprint density at radius 2 is 0.891 bits per heavy atom. The van der Waals surface area contributed by atoms with Gasteiger partial charge in [0.15, 0.2) is 0 Å². The first kappa shape index (κ1) is 38.9. The third-order valence-corrected chi connectivity index (χ3v) is 16.9. The molecule has 0 N–H and O–H groups in total. The lowest BCUT2D eigenvalue weighted by Gasteiger charge is -2.59. The maximum atomic E-state index is 15.0. The predicted molar refractivity (Wildman–Crippen MR) is 263 cm³/mol. The van der Waals surface area contributed by atoms with Crippen LogP contribution in [0.5, 0.6) is 0 Å². The van der Waals surface area contributed by atoms with Crippen LogP contribution in [0.2, 0.25) is 0 Å². The van der Waals surface area contributed by atoms with Crippen LogP contribution in [0.3, 0.4) is 0 Å². The molecule has 2 aliphatic carbocycles. The number of sulfone groups is 1. The Morgan fingerprint density at radius 3 is 1.45 bits per heavy atom. The Kier molecular flexibility index (Phi) is 9.10. The van der Waals surface area contributed by atoms with Crippen molar-refractivity contribution in [3.8, 4) is 27.9 Å². The Bertz CT molecular complexity index is 3250. The maximum absolute atomic E-state index is 15.0. The SMILES string of the molecule is CC1CC2CC(C)CC(C1)C21c2ccccc2S(=O)(=O)c2cc(N(c3ccc(-c4ccccc4)cc3)c3ccc(-c4ccc(-n5c6ccccc6c6ccccc65)cc4)cc3)ccc21. The van der Waals surface area contributed by atoms with E-state index < -0.39 is 9.84 Å². The van der Waals surface area contributed by atoms with Crippen LogP contribution in [-0.4, -0.2) is 13.0 Å². The van der Waals surface area contributed by atoms with Gasteiger partial charge in [-0.15, -0.1) is 0 Å². The van der Waals surface area contributed by atoms with E-state index in [1.807, 2.05) is 24.3 Å². The summed E-state index contributed by atoms with van der Waals surface area (Å²) >= 11 is 0. The lowest BCUT2D eigenvalue weighted by molar-refractivity contribution is 0.0231. The molecule has 8 aromatic carbocycles. The van der Waals surface area contributed by atoms with Crippen molar-refractivity contribution < 1.29 is 8.42 Å². The average Bonchev–Trinajstić information content (AvgIpc) is 3.66. The Hall–Kier alpha value is -6.69. The number of nitrogens with zero attached hydrogens (tertiary/aromatic N) is 2. The summed E-state index contributed by atoms with van der Waals surface area (Å²) in [7, 11) is -3.81. The van der Waals surface area contributed by atoms with E-state index >= 15 is 8.42 Å². The van der Waals surface area contributed by atoms with E-state index in [-0.39, 0.29) is 5.41 Å². The van der Waals surface area contributed by atoms with Gasteiger partial charge in [0.25, 0.3) is 0 Å². The molecule has 314 valence electrons. The zero-order valence-corrected chi connectivity index (χ0v) is 37.0. The number of fused-ring (bicyclic) bond motifs is 5. The largest absolute Gasteiger partial charge is 0.310 e. The molecule has 64 heavy (non-hydrogen) atoms. The summed E-state index contributed by atoms with van der Waals surface area (Å²) in [5, 5.41) is 2.50. The zero-order valence-electron chi connectivity index (χ0n) is 36.2. The number of para-hydroxylation sites is 2. The smallest absolute Gasteiger partial charge is 0.207 e. The Balaban J connectivity index is 0.964. The first-order chi connectivity index (χ1) is 31.3. The van der Waals surface area contributed by atoms with Gasteiger partial charge in [-0.3, -0.25) is 0 Å². The zero-order chi connectivity index (χ0) is 43.2. The van der Waals surface area contributed by atoms with E-state index in [2.05, 4.69) is 193 Å². The third-order valence-electron chi connectivity index (χ3n) is 15.0.